The first-order valence-corrected chi connectivity index (χ1v) is 6.55. The van der Waals surface area contributed by atoms with Crippen molar-refractivity contribution in [1.82, 2.24) is 25.0 Å². The summed E-state index contributed by atoms with van der Waals surface area (Å²) in [7, 11) is 2.01. The van der Waals surface area contributed by atoms with Crippen LogP contribution in [0.5, 0.6) is 0 Å². The van der Waals surface area contributed by atoms with Gasteiger partial charge in [-0.2, -0.15) is 0 Å². The highest BCUT2D eigenvalue weighted by Gasteiger charge is 2.17. The Labute approximate surface area is 103 Å². The number of hydrogen-bond donors (Lipinski definition) is 1. The van der Waals surface area contributed by atoms with Crippen LogP contribution in [0.25, 0.3) is 0 Å². The second-order valence-corrected chi connectivity index (χ2v) is 4.90. The molecule has 1 fully saturated rings. The Kier molecular flexibility index (Phi) is 4.50. The zero-order valence-electron chi connectivity index (χ0n) is 10.9. The summed E-state index contributed by atoms with van der Waals surface area (Å²) < 4.78 is 2.00. The van der Waals surface area contributed by atoms with Crippen molar-refractivity contribution in [2.75, 3.05) is 26.2 Å². The minimum atomic E-state index is 0.789. The fourth-order valence-electron chi connectivity index (χ4n) is 2.40. The number of piperidine rings is 1. The van der Waals surface area contributed by atoms with Gasteiger partial charge in [0.05, 0.1) is 6.54 Å². The van der Waals surface area contributed by atoms with E-state index in [9.17, 15) is 0 Å². The van der Waals surface area contributed by atoms with E-state index in [1.807, 2.05) is 11.6 Å². The highest BCUT2D eigenvalue weighted by molar-refractivity contribution is 4.85. The van der Waals surface area contributed by atoms with Gasteiger partial charge in [0.25, 0.3) is 0 Å². The molecule has 1 aliphatic heterocycles. The van der Waals surface area contributed by atoms with Gasteiger partial charge in [-0.25, -0.2) is 0 Å². The summed E-state index contributed by atoms with van der Waals surface area (Å²) in [5.41, 5.74) is 0. The SMILES string of the molecule is CCN(Cc1nncn1C)CC1CCCNC1. The third-order valence-corrected chi connectivity index (χ3v) is 3.53. The summed E-state index contributed by atoms with van der Waals surface area (Å²) in [5, 5.41) is 11.6. The normalized spacial score (nSPS) is 21.0. The average Bonchev–Trinajstić information content (AvgIpc) is 2.75. The molecule has 0 radical (unpaired) electrons. The molecule has 0 saturated carbocycles. The average molecular weight is 237 g/mol. The third-order valence-electron chi connectivity index (χ3n) is 3.53. The van der Waals surface area contributed by atoms with Crippen LogP contribution in [0.4, 0.5) is 0 Å². The Morgan fingerprint density at radius 3 is 3.06 bits per heavy atom. The van der Waals surface area contributed by atoms with Crippen molar-refractivity contribution in [2.45, 2.75) is 26.3 Å². The molecule has 2 heterocycles. The summed E-state index contributed by atoms with van der Waals surface area (Å²) in [6.07, 6.45) is 4.43. The number of hydrogen-bond acceptors (Lipinski definition) is 4. The molecule has 1 saturated heterocycles. The van der Waals surface area contributed by atoms with Crippen LogP contribution in [0.15, 0.2) is 6.33 Å². The van der Waals surface area contributed by atoms with Gasteiger partial charge in [0, 0.05) is 13.6 Å². The van der Waals surface area contributed by atoms with E-state index < -0.39 is 0 Å². The molecular formula is C12H23N5. The maximum Gasteiger partial charge on any atom is 0.146 e. The molecule has 1 N–H and O–H groups in total. The minimum Gasteiger partial charge on any atom is -0.320 e. The Balaban J connectivity index is 1.85. The van der Waals surface area contributed by atoms with Crippen LogP contribution >= 0.6 is 0 Å². The molecule has 1 unspecified atom stereocenters. The predicted molar refractivity (Wildman–Crippen MR) is 67.5 cm³/mol. The van der Waals surface area contributed by atoms with Crippen molar-refractivity contribution in [1.29, 1.82) is 0 Å². The van der Waals surface area contributed by atoms with Gasteiger partial charge in [0.2, 0.25) is 0 Å². The predicted octanol–water partition coefficient (Wildman–Crippen LogP) is 0.637. The smallest absolute Gasteiger partial charge is 0.146 e. The fraction of sp³-hybridized carbons (Fsp3) is 0.833. The Bertz CT molecular complexity index is 329. The summed E-state index contributed by atoms with van der Waals surface area (Å²) in [6.45, 7) is 7.71. The lowest BCUT2D eigenvalue weighted by atomic mass is 9.99. The lowest BCUT2D eigenvalue weighted by Gasteiger charge is -2.29. The topological polar surface area (TPSA) is 46.0 Å². The van der Waals surface area contributed by atoms with Gasteiger partial charge in [-0.3, -0.25) is 4.90 Å². The summed E-state index contributed by atoms with van der Waals surface area (Å²) in [4.78, 5) is 2.46. The molecular weight excluding hydrogens is 214 g/mol. The molecule has 96 valence electrons. The molecule has 1 aromatic rings. The van der Waals surface area contributed by atoms with E-state index in [4.69, 9.17) is 0 Å². The van der Waals surface area contributed by atoms with Crippen molar-refractivity contribution in [3.05, 3.63) is 12.2 Å². The Morgan fingerprint density at radius 1 is 1.59 bits per heavy atom. The number of aromatic nitrogens is 3. The summed E-state index contributed by atoms with van der Waals surface area (Å²) >= 11 is 0. The first kappa shape index (κ1) is 12.5. The van der Waals surface area contributed by atoms with Gasteiger partial charge in [-0.1, -0.05) is 6.92 Å². The highest BCUT2D eigenvalue weighted by Crippen LogP contribution is 2.13. The molecule has 1 aromatic heterocycles. The van der Waals surface area contributed by atoms with Crippen LogP contribution in [0.3, 0.4) is 0 Å². The second-order valence-electron chi connectivity index (χ2n) is 4.90. The molecule has 0 aromatic carbocycles. The molecule has 5 nitrogen and oxygen atoms in total. The van der Waals surface area contributed by atoms with E-state index in [-0.39, 0.29) is 0 Å². The second kappa shape index (κ2) is 6.12. The summed E-state index contributed by atoms with van der Waals surface area (Å²) in [6, 6.07) is 0. The van der Waals surface area contributed by atoms with Crippen molar-refractivity contribution in [3.63, 3.8) is 0 Å². The van der Waals surface area contributed by atoms with Crippen LogP contribution in [0.2, 0.25) is 0 Å². The van der Waals surface area contributed by atoms with Gasteiger partial charge in [-0.15, -0.1) is 10.2 Å². The van der Waals surface area contributed by atoms with Crippen LogP contribution in [-0.4, -0.2) is 45.8 Å². The molecule has 0 amide bonds. The van der Waals surface area contributed by atoms with Crippen LogP contribution < -0.4 is 5.32 Å². The van der Waals surface area contributed by atoms with Gasteiger partial charge < -0.3 is 9.88 Å². The zero-order chi connectivity index (χ0) is 12.1. The van der Waals surface area contributed by atoms with Crippen LogP contribution in [-0.2, 0) is 13.6 Å². The number of rotatable bonds is 5. The van der Waals surface area contributed by atoms with Gasteiger partial charge in [-0.05, 0) is 38.4 Å². The lowest BCUT2D eigenvalue weighted by molar-refractivity contribution is 0.204. The van der Waals surface area contributed by atoms with E-state index in [2.05, 4.69) is 27.3 Å². The van der Waals surface area contributed by atoms with Crippen molar-refractivity contribution in [2.24, 2.45) is 13.0 Å². The van der Waals surface area contributed by atoms with Crippen LogP contribution in [0.1, 0.15) is 25.6 Å². The van der Waals surface area contributed by atoms with Crippen molar-refractivity contribution >= 4 is 0 Å². The molecule has 0 bridgehead atoms. The first-order valence-electron chi connectivity index (χ1n) is 6.55. The fourth-order valence-corrected chi connectivity index (χ4v) is 2.40. The summed E-state index contributed by atoms with van der Waals surface area (Å²) in [5.74, 6) is 1.84. The third kappa shape index (κ3) is 3.51. The number of nitrogens with zero attached hydrogens (tertiary/aromatic N) is 4. The highest BCUT2D eigenvalue weighted by atomic mass is 15.3. The number of nitrogens with one attached hydrogen (secondary N) is 1. The van der Waals surface area contributed by atoms with Crippen molar-refractivity contribution in [3.8, 4) is 0 Å². The van der Waals surface area contributed by atoms with E-state index in [0.29, 0.717) is 0 Å². The van der Waals surface area contributed by atoms with E-state index in [1.165, 1.54) is 19.4 Å². The minimum absolute atomic E-state index is 0.789. The molecule has 0 aliphatic carbocycles. The molecule has 2 rings (SSSR count). The van der Waals surface area contributed by atoms with Gasteiger partial charge in [0.1, 0.15) is 12.2 Å². The van der Waals surface area contributed by atoms with E-state index >= 15 is 0 Å². The zero-order valence-corrected chi connectivity index (χ0v) is 10.9. The molecule has 17 heavy (non-hydrogen) atoms. The quantitative estimate of drug-likeness (QED) is 0.816. The largest absolute Gasteiger partial charge is 0.320 e. The monoisotopic (exact) mass is 237 g/mol. The maximum atomic E-state index is 4.15. The van der Waals surface area contributed by atoms with E-state index in [0.717, 1.165) is 37.9 Å². The molecule has 0 spiro atoms. The van der Waals surface area contributed by atoms with Gasteiger partial charge in [0.15, 0.2) is 0 Å². The van der Waals surface area contributed by atoms with Gasteiger partial charge >= 0.3 is 0 Å². The Morgan fingerprint density at radius 2 is 2.47 bits per heavy atom. The van der Waals surface area contributed by atoms with Crippen LogP contribution in [0, 0.1) is 5.92 Å². The number of aryl methyl sites for hydroxylation is 1. The lowest BCUT2D eigenvalue weighted by Crippen LogP contribution is -2.38. The maximum absolute atomic E-state index is 4.15. The molecule has 5 heteroatoms. The Hall–Kier alpha value is -0.940. The molecule has 1 aliphatic rings. The molecule has 1 atom stereocenters. The van der Waals surface area contributed by atoms with E-state index in [1.54, 1.807) is 6.33 Å². The van der Waals surface area contributed by atoms with Crippen molar-refractivity contribution < 1.29 is 0 Å². The first-order chi connectivity index (χ1) is 8.29. The standard InChI is InChI=1S/C12H23N5/c1-3-17(8-11-5-4-6-13-7-11)9-12-15-14-10-16(12)2/h10-11,13H,3-9H2,1-2H3.